The molecule has 0 saturated heterocycles. The lowest BCUT2D eigenvalue weighted by molar-refractivity contribution is -0.140. The van der Waals surface area contributed by atoms with Crippen molar-refractivity contribution in [3.05, 3.63) is 88.9 Å². The summed E-state index contributed by atoms with van der Waals surface area (Å²) in [5.74, 6) is -0.121. The molecule has 0 aliphatic heterocycles. The van der Waals surface area contributed by atoms with E-state index >= 15 is 0 Å². The molecule has 1 saturated carbocycles. The molecule has 0 aromatic heterocycles. The van der Waals surface area contributed by atoms with E-state index in [1.807, 2.05) is 30.3 Å². The van der Waals surface area contributed by atoms with Gasteiger partial charge in [-0.2, -0.15) is 0 Å². The van der Waals surface area contributed by atoms with Crippen LogP contribution in [0.1, 0.15) is 36.8 Å². The second kappa shape index (κ2) is 14.6. The normalized spacial score (nSPS) is 14.1. The molecule has 0 radical (unpaired) electrons. The molecular weight excluding hydrogens is 590 g/mol. The van der Waals surface area contributed by atoms with Crippen molar-refractivity contribution in [2.45, 2.75) is 50.7 Å². The molecule has 4 rings (SSSR count). The van der Waals surface area contributed by atoms with Gasteiger partial charge in [-0.1, -0.05) is 66.9 Å². The Morgan fingerprint density at radius 1 is 0.953 bits per heavy atom. The van der Waals surface area contributed by atoms with E-state index in [-0.39, 0.29) is 36.4 Å². The van der Waals surface area contributed by atoms with E-state index in [1.54, 1.807) is 36.4 Å². The predicted octanol–water partition coefficient (Wildman–Crippen LogP) is 4.82. The van der Waals surface area contributed by atoms with Crippen molar-refractivity contribution >= 4 is 39.1 Å². The lowest BCUT2D eigenvalue weighted by Gasteiger charge is -2.34. The third kappa shape index (κ3) is 8.64. The molecule has 1 atom stereocenters. The summed E-state index contributed by atoms with van der Waals surface area (Å²) < 4.78 is 37.9. The van der Waals surface area contributed by atoms with Gasteiger partial charge in [0.05, 0.1) is 26.2 Å². The topological polar surface area (TPSA) is 105 Å². The summed E-state index contributed by atoms with van der Waals surface area (Å²) in [6.45, 7) is -0.472. The number of amides is 2. The van der Waals surface area contributed by atoms with Crippen molar-refractivity contribution in [2.75, 3.05) is 31.3 Å². The Hall–Kier alpha value is -3.76. The van der Waals surface area contributed by atoms with Crippen molar-refractivity contribution in [3.63, 3.8) is 0 Å². The minimum atomic E-state index is -3.95. The highest BCUT2D eigenvalue weighted by molar-refractivity contribution is 7.92. The third-order valence-electron chi connectivity index (χ3n) is 7.57. The van der Waals surface area contributed by atoms with E-state index in [0.29, 0.717) is 10.8 Å². The molecule has 3 aromatic rings. The first-order chi connectivity index (χ1) is 20.6. The average Bonchev–Trinajstić information content (AvgIpc) is 3.51. The van der Waals surface area contributed by atoms with Crippen LogP contribution in [0.2, 0.25) is 5.02 Å². The number of nitrogens with zero attached hydrogens (tertiary/aromatic N) is 2. The first-order valence-corrected chi connectivity index (χ1v) is 16.4. The smallest absolute Gasteiger partial charge is 0.244 e. The van der Waals surface area contributed by atoms with Crippen LogP contribution in [0.15, 0.2) is 72.8 Å². The Bertz CT molecular complexity index is 1500. The first-order valence-electron chi connectivity index (χ1n) is 14.2. The number of hydrogen-bond acceptors (Lipinski definition) is 6. The number of hydrogen-bond donors (Lipinski definition) is 1. The van der Waals surface area contributed by atoms with Crippen LogP contribution >= 0.6 is 11.6 Å². The quantitative estimate of drug-likeness (QED) is 0.291. The molecule has 230 valence electrons. The Labute approximate surface area is 258 Å². The van der Waals surface area contributed by atoms with E-state index in [1.165, 1.54) is 25.2 Å². The average molecular weight is 628 g/mol. The van der Waals surface area contributed by atoms with E-state index < -0.39 is 28.5 Å². The predicted molar refractivity (Wildman–Crippen MR) is 168 cm³/mol. The number of anilines is 1. The van der Waals surface area contributed by atoms with Gasteiger partial charge < -0.3 is 19.7 Å². The molecule has 1 aliphatic rings. The van der Waals surface area contributed by atoms with Gasteiger partial charge in [0.25, 0.3) is 0 Å². The second-order valence-electron chi connectivity index (χ2n) is 10.7. The summed E-state index contributed by atoms with van der Waals surface area (Å²) >= 11 is 6.12. The third-order valence-corrected chi connectivity index (χ3v) is 8.95. The first kappa shape index (κ1) is 32.2. The number of rotatable bonds is 13. The van der Waals surface area contributed by atoms with Gasteiger partial charge in [-0.3, -0.25) is 13.9 Å². The van der Waals surface area contributed by atoms with Gasteiger partial charge in [0.15, 0.2) is 0 Å². The van der Waals surface area contributed by atoms with Crippen LogP contribution in [0.3, 0.4) is 0 Å². The molecule has 2 amide bonds. The van der Waals surface area contributed by atoms with Crippen molar-refractivity contribution in [1.29, 1.82) is 0 Å². The molecule has 11 heteroatoms. The highest BCUT2D eigenvalue weighted by atomic mass is 35.5. The Morgan fingerprint density at radius 3 is 2.23 bits per heavy atom. The number of carbonyl (C=O) groups excluding carboxylic acids is 2. The summed E-state index contributed by atoms with van der Waals surface area (Å²) in [7, 11) is -1.05. The monoisotopic (exact) mass is 627 g/mol. The Kier molecular flexibility index (Phi) is 10.9. The standard InChI is InChI=1S/C32H38ClN3O6S/c1-41-27-17-18-28(30(20-27)42-2)36(43(3,39)40)22-31(37)35(21-24-13-15-25(33)16-14-24)29(19-23-9-5-4-6-10-23)32(38)34-26-11-7-8-12-26/h4-6,9-10,13-18,20,26,29H,7-8,11-12,19,21-22H2,1-3H3,(H,34,38)/t29-/m1/s1. The molecule has 0 bridgehead atoms. The number of benzene rings is 3. The van der Waals surface area contributed by atoms with E-state index in [4.69, 9.17) is 21.1 Å². The second-order valence-corrected chi connectivity index (χ2v) is 13.0. The zero-order valence-electron chi connectivity index (χ0n) is 24.7. The Balaban J connectivity index is 1.74. The number of ether oxygens (including phenoxy) is 2. The van der Waals surface area contributed by atoms with Gasteiger partial charge >= 0.3 is 0 Å². The van der Waals surface area contributed by atoms with Gasteiger partial charge in [-0.15, -0.1) is 0 Å². The molecule has 9 nitrogen and oxygen atoms in total. The van der Waals surface area contributed by atoms with E-state index in [0.717, 1.165) is 47.4 Å². The maximum Gasteiger partial charge on any atom is 0.244 e. The lowest BCUT2D eigenvalue weighted by Crippen LogP contribution is -2.54. The van der Waals surface area contributed by atoms with Gasteiger partial charge in [0.1, 0.15) is 24.1 Å². The van der Waals surface area contributed by atoms with E-state index in [2.05, 4.69) is 5.32 Å². The van der Waals surface area contributed by atoms with Crippen LogP contribution in [0.5, 0.6) is 11.5 Å². The van der Waals surface area contributed by atoms with Crippen molar-refractivity contribution < 1.29 is 27.5 Å². The molecule has 1 aliphatic carbocycles. The summed E-state index contributed by atoms with van der Waals surface area (Å²) in [6.07, 6.45) is 5.12. The van der Waals surface area contributed by atoms with Gasteiger partial charge in [0, 0.05) is 30.1 Å². The number of sulfonamides is 1. The van der Waals surface area contributed by atoms with Crippen molar-refractivity contribution in [2.24, 2.45) is 0 Å². The number of halogens is 1. The Morgan fingerprint density at radius 2 is 1.63 bits per heavy atom. The van der Waals surface area contributed by atoms with Crippen molar-refractivity contribution in [3.8, 4) is 11.5 Å². The van der Waals surface area contributed by atoms with Crippen LogP contribution < -0.4 is 19.1 Å². The number of methoxy groups -OCH3 is 2. The molecule has 3 aromatic carbocycles. The fourth-order valence-electron chi connectivity index (χ4n) is 5.29. The molecule has 43 heavy (non-hydrogen) atoms. The van der Waals surface area contributed by atoms with Crippen LogP contribution in [-0.4, -0.2) is 64.2 Å². The summed E-state index contributed by atoms with van der Waals surface area (Å²) in [6, 6.07) is 20.3. The zero-order valence-corrected chi connectivity index (χ0v) is 26.2. The SMILES string of the molecule is COc1ccc(N(CC(=O)N(Cc2ccc(Cl)cc2)[C@H](Cc2ccccc2)C(=O)NC2CCCC2)S(C)(=O)=O)c(OC)c1. The van der Waals surface area contributed by atoms with Crippen LogP contribution in [0, 0.1) is 0 Å². The molecule has 0 spiro atoms. The van der Waals surface area contributed by atoms with Crippen molar-refractivity contribution in [1.82, 2.24) is 10.2 Å². The number of carbonyl (C=O) groups is 2. The summed E-state index contributed by atoms with van der Waals surface area (Å²) in [5.41, 5.74) is 1.80. The minimum Gasteiger partial charge on any atom is -0.497 e. The molecule has 0 heterocycles. The lowest BCUT2D eigenvalue weighted by atomic mass is 10.0. The fourth-order valence-corrected chi connectivity index (χ4v) is 6.27. The van der Waals surface area contributed by atoms with Crippen LogP contribution in [-0.2, 0) is 32.6 Å². The highest BCUT2D eigenvalue weighted by Crippen LogP contribution is 2.34. The molecular formula is C32H38ClN3O6S. The molecule has 1 N–H and O–H groups in total. The van der Waals surface area contributed by atoms with Crippen LogP contribution in [0.4, 0.5) is 5.69 Å². The fraction of sp³-hybridized carbons (Fsp3) is 0.375. The van der Waals surface area contributed by atoms with E-state index in [9.17, 15) is 18.0 Å². The number of nitrogens with one attached hydrogen (secondary N) is 1. The molecule has 1 fully saturated rings. The van der Waals surface area contributed by atoms with Gasteiger partial charge in [-0.05, 0) is 48.2 Å². The van der Waals surface area contributed by atoms with Gasteiger partial charge in [-0.25, -0.2) is 8.42 Å². The van der Waals surface area contributed by atoms with Gasteiger partial charge in [0.2, 0.25) is 21.8 Å². The molecule has 0 unspecified atom stereocenters. The zero-order chi connectivity index (χ0) is 31.0. The minimum absolute atomic E-state index is 0.0364. The maximum absolute atomic E-state index is 14.3. The highest BCUT2D eigenvalue weighted by Gasteiger charge is 2.35. The summed E-state index contributed by atoms with van der Waals surface area (Å²) in [4.78, 5) is 29.7. The maximum atomic E-state index is 14.3. The summed E-state index contributed by atoms with van der Waals surface area (Å²) in [5, 5.41) is 3.69. The largest absolute Gasteiger partial charge is 0.497 e. The van der Waals surface area contributed by atoms with Crippen LogP contribution in [0.25, 0.3) is 0 Å².